The molecule has 1 amide bonds. The van der Waals surface area contributed by atoms with Gasteiger partial charge in [0, 0.05) is 40.9 Å². The number of methoxy groups -OCH3 is 1. The van der Waals surface area contributed by atoms with Crippen LogP contribution in [0.1, 0.15) is 71.9 Å². The molecule has 2 aliphatic rings. The number of nitrogens with two attached hydrogens (primary N) is 1. The molecule has 3 aromatic rings. The average Bonchev–Trinajstić information content (AvgIpc) is 3.63. The van der Waals surface area contributed by atoms with Gasteiger partial charge in [0.05, 0.1) is 18.0 Å². The second-order valence-corrected chi connectivity index (χ2v) is 9.85. The van der Waals surface area contributed by atoms with Gasteiger partial charge in [-0.3, -0.25) is 14.6 Å². The Balaban J connectivity index is 1.74. The summed E-state index contributed by atoms with van der Waals surface area (Å²) in [6, 6.07) is 5.19. The monoisotopic (exact) mass is 519 g/mol. The Bertz CT molecular complexity index is 1470. The smallest absolute Gasteiger partial charge is 0.417 e. The zero-order chi connectivity index (χ0) is 26.9. The highest BCUT2D eigenvalue weighted by atomic mass is 19.4. The minimum absolute atomic E-state index is 0.0693. The van der Waals surface area contributed by atoms with Gasteiger partial charge in [0.1, 0.15) is 23.4 Å². The van der Waals surface area contributed by atoms with Crippen molar-refractivity contribution >= 4 is 16.8 Å². The first-order valence-electron chi connectivity index (χ1n) is 11.8. The molecule has 1 aromatic carbocycles. The molecule has 0 spiro atoms. The predicted molar refractivity (Wildman–Crippen MR) is 126 cm³/mol. The number of hydrogen-bond donors (Lipinski definition) is 2. The van der Waals surface area contributed by atoms with Crippen molar-refractivity contribution in [3.63, 3.8) is 0 Å². The molecule has 0 bridgehead atoms. The summed E-state index contributed by atoms with van der Waals surface area (Å²) in [5, 5.41) is -0.0738. The molecule has 1 saturated carbocycles. The number of pyridine rings is 2. The SMILES string of the molecule is COc1c([C@@H]2[C@@H](c3cc(=O)c4c(C(N)=O)nccc4[nH]3)O[C@](C)(C(F)(F)F)[C@@H]2C)ccc(F)c1C1CC1. The number of nitrogens with one attached hydrogen (secondary N) is 1. The number of alkyl halides is 3. The first-order valence-corrected chi connectivity index (χ1v) is 11.8. The second-order valence-electron chi connectivity index (χ2n) is 9.85. The standard InChI is InChI=1S/C26H25F4N3O4/c1-11-18(13-6-7-14(27)19(12-4-5-12)22(13)36-3)23(37-25(11,2)26(28,29)30)16-10-17(34)20-15(33-16)8-9-32-21(20)24(31)35/h6-12,18,23H,4-5H2,1-3H3,(H2,31,35)(H,33,34)/t11-,18-,23-,25+/m1/s1. The number of primary amides is 1. The first-order chi connectivity index (χ1) is 17.4. The minimum atomic E-state index is -4.74. The molecule has 1 aliphatic heterocycles. The van der Waals surface area contributed by atoms with Crippen LogP contribution in [-0.4, -0.2) is 34.8 Å². The van der Waals surface area contributed by atoms with Gasteiger partial charge >= 0.3 is 6.18 Å². The van der Waals surface area contributed by atoms with E-state index in [2.05, 4.69) is 9.97 Å². The van der Waals surface area contributed by atoms with Gasteiger partial charge in [0.25, 0.3) is 5.91 Å². The third kappa shape index (κ3) is 3.87. The van der Waals surface area contributed by atoms with Crippen molar-refractivity contribution in [3.05, 3.63) is 69.0 Å². The molecule has 196 valence electrons. The molecule has 7 nitrogen and oxygen atoms in total. The average molecular weight is 519 g/mol. The molecule has 2 fully saturated rings. The molecule has 11 heteroatoms. The lowest BCUT2D eigenvalue weighted by Crippen LogP contribution is -2.46. The van der Waals surface area contributed by atoms with Gasteiger partial charge in [-0.2, -0.15) is 13.2 Å². The number of benzene rings is 1. The van der Waals surface area contributed by atoms with Crippen molar-refractivity contribution in [1.82, 2.24) is 9.97 Å². The van der Waals surface area contributed by atoms with E-state index < -0.39 is 46.9 Å². The fourth-order valence-corrected chi connectivity index (χ4v) is 5.46. The van der Waals surface area contributed by atoms with Crippen LogP contribution in [0.2, 0.25) is 0 Å². The molecule has 0 unspecified atom stereocenters. The van der Waals surface area contributed by atoms with E-state index in [1.807, 2.05) is 0 Å². The number of rotatable bonds is 5. The molecule has 3 heterocycles. The lowest BCUT2D eigenvalue weighted by atomic mass is 9.76. The molecular formula is C26H25F4N3O4. The van der Waals surface area contributed by atoms with Crippen LogP contribution in [0.25, 0.3) is 10.9 Å². The number of hydrogen-bond acceptors (Lipinski definition) is 5. The Kier molecular flexibility index (Phi) is 5.82. The maximum atomic E-state index is 14.8. The number of H-pyrrole nitrogens is 1. The number of carbonyl (C=O) groups is 1. The van der Waals surface area contributed by atoms with E-state index in [1.165, 1.54) is 38.4 Å². The molecule has 2 aromatic heterocycles. The number of fused-ring (bicyclic) bond motifs is 1. The number of ether oxygens (including phenoxy) is 2. The number of carbonyl (C=O) groups excluding carboxylic acids is 1. The maximum Gasteiger partial charge on any atom is 0.417 e. The summed E-state index contributed by atoms with van der Waals surface area (Å²) in [6.07, 6.45) is -3.24. The van der Waals surface area contributed by atoms with Crippen LogP contribution in [0, 0.1) is 11.7 Å². The van der Waals surface area contributed by atoms with Crippen LogP contribution in [0.15, 0.2) is 35.3 Å². The summed E-state index contributed by atoms with van der Waals surface area (Å²) in [5.74, 6) is -3.36. The number of halogens is 4. The van der Waals surface area contributed by atoms with E-state index in [0.29, 0.717) is 11.1 Å². The topological polar surface area (TPSA) is 107 Å². The quantitative estimate of drug-likeness (QED) is 0.469. The fourth-order valence-electron chi connectivity index (χ4n) is 5.46. The summed E-state index contributed by atoms with van der Waals surface area (Å²) >= 11 is 0. The van der Waals surface area contributed by atoms with Gasteiger partial charge in [0.2, 0.25) is 0 Å². The van der Waals surface area contributed by atoms with Gasteiger partial charge < -0.3 is 20.2 Å². The number of aromatic nitrogens is 2. The van der Waals surface area contributed by atoms with Crippen LogP contribution < -0.4 is 15.9 Å². The number of nitrogens with zero attached hydrogens (tertiary/aromatic N) is 1. The summed E-state index contributed by atoms with van der Waals surface area (Å²) in [7, 11) is 1.36. The Hall–Kier alpha value is -3.47. The Morgan fingerprint density at radius 1 is 1.27 bits per heavy atom. The molecule has 5 rings (SSSR count). The van der Waals surface area contributed by atoms with Crippen molar-refractivity contribution in [3.8, 4) is 5.75 Å². The van der Waals surface area contributed by atoms with Gasteiger partial charge in [-0.15, -0.1) is 0 Å². The third-order valence-electron chi connectivity index (χ3n) is 7.69. The second kappa shape index (κ2) is 8.54. The first kappa shape index (κ1) is 25.2. The zero-order valence-electron chi connectivity index (χ0n) is 20.3. The lowest BCUT2D eigenvalue weighted by Gasteiger charge is -2.32. The summed E-state index contributed by atoms with van der Waals surface area (Å²) in [5.41, 5.74) is 2.82. The van der Waals surface area contributed by atoms with Crippen molar-refractivity contribution in [2.75, 3.05) is 7.11 Å². The largest absolute Gasteiger partial charge is 0.496 e. The molecule has 3 N–H and O–H groups in total. The van der Waals surface area contributed by atoms with Crippen LogP contribution in [0.5, 0.6) is 5.75 Å². The zero-order valence-corrected chi connectivity index (χ0v) is 20.3. The molecule has 0 radical (unpaired) electrons. The van der Waals surface area contributed by atoms with Crippen molar-refractivity contribution in [2.24, 2.45) is 11.7 Å². The van der Waals surface area contributed by atoms with E-state index in [1.54, 1.807) is 0 Å². The Morgan fingerprint density at radius 2 is 1.97 bits per heavy atom. The number of aromatic amines is 1. The normalized spacial score (nSPS) is 26.0. The van der Waals surface area contributed by atoms with Gasteiger partial charge in [-0.1, -0.05) is 13.0 Å². The predicted octanol–water partition coefficient (Wildman–Crippen LogP) is 4.86. The van der Waals surface area contributed by atoms with E-state index >= 15 is 0 Å². The van der Waals surface area contributed by atoms with Crippen molar-refractivity contribution < 1.29 is 31.8 Å². The molecule has 4 atom stereocenters. The van der Waals surface area contributed by atoms with Crippen LogP contribution in [0.4, 0.5) is 17.6 Å². The third-order valence-corrected chi connectivity index (χ3v) is 7.69. The van der Waals surface area contributed by atoms with E-state index in [-0.39, 0.29) is 34.0 Å². The van der Waals surface area contributed by atoms with Crippen LogP contribution >= 0.6 is 0 Å². The summed E-state index contributed by atoms with van der Waals surface area (Å²) < 4.78 is 69.2. The number of amides is 1. The van der Waals surface area contributed by atoms with Crippen LogP contribution in [0.3, 0.4) is 0 Å². The van der Waals surface area contributed by atoms with E-state index in [4.69, 9.17) is 15.2 Å². The van der Waals surface area contributed by atoms with Gasteiger partial charge in [0.15, 0.2) is 11.0 Å². The van der Waals surface area contributed by atoms with Gasteiger partial charge in [-0.05, 0) is 37.8 Å². The Labute approximate surface area is 209 Å². The highest BCUT2D eigenvalue weighted by Crippen LogP contribution is 2.60. The van der Waals surface area contributed by atoms with Crippen molar-refractivity contribution in [2.45, 2.75) is 56.4 Å². The minimum Gasteiger partial charge on any atom is -0.496 e. The highest BCUT2D eigenvalue weighted by Gasteiger charge is 2.65. The maximum absolute atomic E-state index is 14.8. The molecule has 1 aliphatic carbocycles. The fraction of sp³-hybridized carbons (Fsp3) is 0.423. The summed E-state index contributed by atoms with van der Waals surface area (Å²) in [6.45, 7) is 2.39. The highest BCUT2D eigenvalue weighted by molar-refractivity contribution is 6.03. The molecule has 37 heavy (non-hydrogen) atoms. The van der Waals surface area contributed by atoms with Crippen LogP contribution in [-0.2, 0) is 4.74 Å². The van der Waals surface area contributed by atoms with Crippen molar-refractivity contribution in [1.29, 1.82) is 0 Å². The molecular weight excluding hydrogens is 494 g/mol. The summed E-state index contributed by atoms with van der Waals surface area (Å²) in [4.78, 5) is 31.7. The van der Waals surface area contributed by atoms with E-state index in [9.17, 15) is 27.2 Å². The molecule has 1 saturated heterocycles. The van der Waals surface area contributed by atoms with E-state index in [0.717, 1.165) is 25.8 Å². The Morgan fingerprint density at radius 3 is 2.57 bits per heavy atom. The lowest BCUT2D eigenvalue weighted by molar-refractivity contribution is -0.275. The van der Waals surface area contributed by atoms with Gasteiger partial charge in [-0.25, -0.2) is 4.39 Å².